The van der Waals surface area contributed by atoms with Crippen molar-refractivity contribution in [2.75, 3.05) is 45.1 Å². The topological polar surface area (TPSA) is 92.9 Å². The van der Waals surface area contributed by atoms with E-state index in [-0.39, 0.29) is 17.2 Å². The minimum atomic E-state index is -3.87. The van der Waals surface area contributed by atoms with Gasteiger partial charge < -0.3 is 10.5 Å². The summed E-state index contributed by atoms with van der Waals surface area (Å²) in [4.78, 5) is 14.2. The van der Waals surface area contributed by atoms with E-state index < -0.39 is 22.0 Å². The van der Waals surface area contributed by atoms with Crippen LogP contribution >= 0.6 is 12.6 Å². The van der Waals surface area contributed by atoms with Crippen molar-refractivity contribution in [3.8, 4) is 0 Å². The highest BCUT2D eigenvalue weighted by Gasteiger charge is 2.34. The van der Waals surface area contributed by atoms with Gasteiger partial charge in [-0.3, -0.25) is 9.69 Å². The van der Waals surface area contributed by atoms with E-state index in [0.29, 0.717) is 19.8 Å². The molecule has 1 heterocycles. The van der Waals surface area contributed by atoms with Gasteiger partial charge in [-0.2, -0.15) is 16.9 Å². The summed E-state index contributed by atoms with van der Waals surface area (Å²) in [6.07, 6.45) is 4.30. The molecule has 29 heavy (non-hydrogen) atoms. The molecule has 0 saturated carbocycles. The fraction of sp³-hybridized carbons (Fsp3) is 0.650. The maximum Gasteiger partial charge on any atom is 0.243 e. The average molecular weight is 444 g/mol. The summed E-state index contributed by atoms with van der Waals surface area (Å²) in [5.74, 6) is -0.658. The van der Waals surface area contributed by atoms with Gasteiger partial charge >= 0.3 is 0 Å². The van der Waals surface area contributed by atoms with Crippen LogP contribution < -0.4 is 5.73 Å². The molecular weight excluding hydrogens is 410 g/mol. The first-order valence-corrected chi connectivity index (χ1v) is 12.3. The van der Waals surface area contributed by atoms with E-state index in [1.165, 1.54) is 4.31 Å². The minimum absolute atomic E-state index is 0.0345. The first kappa shape index (κ1) is 24.1. The van der Waals surface area contributed by atoms with Gasteiger partial charge in [-0.15, -0.1) is 0 Å². The number of rotatable bonds is 12. The zero-order valence-electron chi connectivity index (χ0n) is 17.1. The van der Waals surface area contributed by atoms with Crippen LogP contribution in [0, 0.1) is 0 Å². The van der Waals surface area contributed by atoms with E-state index in [2.05, 4.69) is 24.5 Å². The molecule has 0 aromatic heterocycles. The van der Waals surface area contributed by atoms with E-state index in [9.17, 15) is 13.2 Å². The summed E-state index contributed by atoms with van der Waals surface area (Å²) < 4.78 is 33.2. The van der Waals surface area contributed by atoms with Gasteiger partial charge in [0, 0.05) is 31.9 Å². The van der Waals surface area contributed by atoms with E-state index in [1.54, 1.807) is 12.1 Å². The molecule has 2 N–H and O–H groups in total. The van der Waals surface area contributed by atoms with Crippen molar-refractivity contribution in [1.82, 2.24) is 9.21 Å². The van der Waals surface area contributed by atoms with Crippen LogP contribution in [0.3, 0.4) is 0 Å². The van der Waals surface area contributed by atoms with Crippen molar-refractivity contribution in [1.29, 1.82) is 0 Å². The standard InChI is InChI=1S/C20H33N3O4S2/c1-2-3-4-5-17-6-8-18(9-7-17)29(25,26)23(19(16-28)20(21)24)11-10-22-12-14-27-15-13-22/h6-9,19,28H,2-5,10-16H2,1H3,(H2,21,24). The number of sulfonamides is 1. The number of aryl methyl sites for hydroxylation is 1. The van der Waals surface area contributed by atoms with Crippen LogP contribution in [0.25, 0.3) is 0 Å². The molecule has 1 aliphatic rings. The normalized spacial score (nSPS) is 16.8. The number of benzene rings is 1. The molecule has 7 nitrogen and oxygen atoms in total. The Hall–Kier alpha value is -1.13. The molecule has 2 rings (SSSR count). The monoisotopic (exact) mass is 443 g/mol. The first-order chi connectivity index (χ1) is 13.9. The van der Waals surface area contributed by atoms with Crippen LogP contribution in [0.15, 0.2) is 29.2 Å². The third kappa shape index (κ3) is 6.96. The molecule has 9 heteroatoms. The fourth-order valence-electron chi connectivity index (χ4n) is 3.37. The molecule has 0 aliphatic carbocycles. The number of thiol groups is 1. The van der Waals surface area contributed by atoms with Crippen molar-refractivity contribution in [2.45, 2.75) is 43.5 Å². The van der Waals surface area contributed by atoms with Gasteiger partial charge in [0.2, 0.25) is 15.9 Å². The van der Waals surface area contributed by atoms with Crippen molar-refractivity contribution >= 4 is 28.6 Å². The third-order valence-electron chi connectivity index (χ3n) is 5.19. The zero-order valence-corrected chi connectivity index (χ0v) is 18.8. The Kier molecular flexibility index (Phi) is 9.91. The Labute approximate surface area is 180 Å². The molecule has 1 amide bonds. The van der Waals surface area contributed by atoms with Gasteiger partial charge in [-0.05, 0) is 30.5 Å². The van der Waals surface area contributed by atoms with Crippen LogP contribution in [0.4, 0.5) is 0 Å². The van der Waals surface area contributed by atoms with E-state index in [0.717, 1.165) is 44.3 Å². The highest BCUT2D eigenvalue weighted by Crippen LogP contribution is 2.21. The molecular formula is C20H33N3O4S2. The second-order valence-electron chi connectivity index (χ2n) is 7.27. The van der Waals surface area contributed by atoms with Gasteiger partial charge in [0.1, 0.15) is 6.04 Å². The number of nitrogens with zero attached hydrogens (tertiary/aromatic N) is 2. The predicted octanol–water partition coefficient (Wildman–Crippen LogP) is 1.53. The molecule has 1 aromatic carbocycles. The van der Waals surface area contributed by atoms with Crippen molar-refractivity contribution < 1.29 is 17.9 Å². The maximum absolute atomic E-state index is 13.3. The number of carbonyl (C=O) groups is 1. The number of unbranched alkanes of at least 4 members (excludes halogenated alkanes) is 2. The summed E-state index contributed by atoms with van der Waals surface area (Å²) in [5, 5.41) is 0. The van der Waals surface area contributed by atoms with Crippen molar-refractivity contribution in [3.05, 3.63) is 29.8 Å². The number of carbonyl (C=O) groups excluding carboxylic acids is 1. The highest BCUT2D eigenvalue weighted by molar-refractivity contribution is 7.89. The Morgan fingerprint density at radius 1 is 1.24 bits per heavy atom. The number of nitrogens with two attached hydrogens (primary N) is 1. The number of hydrogen-bond donors (Lipinski definition) is 2. The molecule has 0 spiro atoms. The number of hydrogen-bond acceptors (Lipinski definition) is 6. The molecule has 0 radical (unpaired) electrons. The summed E-state index contributed by atoms with van der Waals surface area (Å²) in [7, 11) is -3.87. The van der Waals surface area contributed by atoms with Crippen LogP contribution in [-0.2, 0) is 26.0 Å². The van der Waals surface area contributed by atoms with E-state index in [4.69, 9.17) is 10.5 Å². The minimum Gasteiger partial charge on any atom is -0.379 e. The Bertz CT molecular complexity index is 735. The van der Waals surface area contributed by atoms with Gasteiger partial charge in [-0.25, -0.2) is 8.42 Å². The second kappa shape index (κ2) is 11.9. The number of amides is 1. The van der Waals surface area contributed by atoms with Crippen LogP contribution in [0.2, 0.25) is 0 Å². The van der Waals surface area contributed by atoms with Gasteiger partial charge in [0.15, 0.2) is 0 Å². The van der Waals surface area contributed by atoms with Gasteiger partial charge in [-0.1, -0.05) is 31.9 Å². The third-order valence-corrected chi connectivity index (χ3v) is 7.46. The summed E-state index contributed by atoms with van der Waals surface area (Å²) >= 11 is 4.18. The van der Waals surface area contributed by atoms with Crippen molar-refractivity contribution in [2.24, 2.45) is 5.73 Å². The van der Waals surface area contributed by atoms with E-state index >= 15 is 0 Å². The maximum atomic E-state index is 13.3. The zero-order chi connectivity index (χ0) is 21.3. The van der Waals surface area contributed by atoms with Crippen LogP contribution in [0.1, 0.15) is 31.7 Å². The summed E-state index contributed by atoms with van der Waals surface area (Å²) in [6, 6.07) is 5.95. The Morgan fingerprint density at radius 2 is 1.90 bits per heavy atom. The second-order valence-corrected chi connectivity index (χ2v) is 9.53. The van der Waals surface area contributed by atoms with Crippen LogP contribution in [0.5, 0.6) is 0 Å². The summed E-state index contributed by atoms with van der Waals surface area (Å²) in [5.41, 5.74) is 6.61. The van der Waals surface area contributed by atoms with Crippen molar-refractivity contribution in [3.63, 3.8) is 0 Å². The number of ether oxygens (including phenoxy) is 1. The highest BCUT2D eigenvalue weighted by atomic mass is 32.2. The molecule has 1 atom stereocenters. The summed E-state index contributed by atoms with van der Waals surface area (Å²) in [6.45, 7) is 5.56. The molecule has 1 aromatic rings. The average Bonchev–Trinajstić information content (AvgIpc) is 2.72. The smallest absolute Gasteiger partial charge is 0.243 e. The lowest BCUT2D eigenvalue weighted by atomic mass is 10.1. The largest absolute Gasteiger partial charge is 0.379 e. The van der Waals surface area contributed by atoms with Crippen LogP contribution in [-0.4, -0.2) is 74.7 Å². The predicted molar refractivity (Wildman–Crippen MR) is 118 cm³/mol. The quantitative estimate of drug-likeness (QED) is 0.377. The Morgan fingerprint density at radius 3 is 2.45 bits per heavy atom. The van der Waals surface area contributed by atoms with Gasteiger partial charge in [0.05, 0.1) is 18.1 Å². The lowest BCUT2D eigenvalue weighted by Crippen LogP contribution is -2.52. The molecule has 1 unspecified atom stereocenters. The lowest BCUT2D eigenvalue weighted by molar-refractivity contribution is -0.121. The molecule has 164 valence electrons. The molecule has 1 saturated heterocycles. The van der Waals surface area contributed by atoms with Gasteiger partial charge in [0.25, 0.3) is 0 Å². The molecule has 0 bridgehead atoms. The number of primary amides is 1. The Balaban J connectivity index is 2.18. The SMILES string of the molecule is CCCCCc1ccc(S(=O)(=O)N(CCN2CCOCC2)C(CS)C(N)=O)cc1. The number of morpholine rings is 1. The lowest BCUT2D eigenvalue weighted by Gasteiger charge is -2.32. The first-order valence-electron chi connectivity index (χ1n) is 10.2. The fourth-order valence-corrected chi connectivity index (χ4v) is 5.45. The molecule has 1 aliphatic heterocycles. The van der Waals surface area contributed by atoms with E-state index in [1.807, 2.05) is 12.1 Å². The molecule has 1 fully saturated rings.